The summed E-state index contributed by atoms with van der Waals surface area (Å²) in [6.45, 7) is 6.06. The highest BCUT2D eigenvalue weighted by molar-refractivity contribution is 5.92. The van der Waals surface area contributed by atoms with Crippen LogP contribution < -0.4 is 0 Å². The lowest BCUT2D eigenvalue weighted by atomic mass is 10.1. The molecule has 0 radical (unpaired) electrons. The van der Waals surface area contributed by atoms with Crippen LogP contribution in [0.1, 0.15) is 31.4 Å². The Bertz CT molecular complexity index is 508. The van der Waals surface area contributed by atoms with E-state index in [1.807, 2.05) is 38.1 Å². The van der Waals surface area contributed by atoms with Crippen molar-refractivity contribution in [2.24, 2.45) is 0 Å². The van der Waals surface area contributed by atoms with E-state index in [4.69, 9.17) is 5.11 Å². The van der Waals surface area contributed by atoms with E-state index in [1.165, 1.54) is 6.08 Å². The van der Waals surface area contributed by atoms with Crippen molar-refractivity contribution in [1.29, 1.82) is 0 Å². The maximum absolute atomic E-state index is 12.1. The van der Waals surface area contributed by atoms with Crippen LogP contribution in [-0.4, -0.2) is 34.5 Å². The summed E-state index contributed by atoms with van der Waals surface area (Å²) in [4.78, 5) is 24.4. The van der Waals surface area contributed by atoms with Crippen LogP contribution in [0, 0.1) is 6.92 Å². The van der Waals surface area contributed by atoms with Gasteiger partial charge in [-0.3, -0.25) is 9.59 Å². The van der Waals surface area contributed by atoms with Crippen LogP contribution in [0.25, 0.3) is 6.08 Å². The number of hydrogen-bond acceptors (Lipinski definition) is 2. The van der Waals surface area contributed by atoms with Crippen LogP contribution in [0.2, 0.25) is 0 Å². The minimum atomic E-state index is -0.897. The summed E-state index contributed by atoms with van der Waals surface area (Å²) in [7, 11) is 0. The third-order valence-electron chi connectivity index (χ3n) is 3.22. The number of carbonyl (C=O) groups excluding carboxylic acids is 1. The van der Waals surface area contributed by atoms with Gasteiger partial charge in [0.05, 0.1) is 6.42 Å². The van der Waals surface area contributed by atoms with Gasteiger partial charge in [0, 0.05) is 18.7 Å². The molecule has 1 amide bonds. The number of nitrogens with zero attached hydrogens (tertiary/aromatic N) is 1. The fourth-order valence-electron chi connectivity index (χ4n) is 2.08. The molecule has 4 heteroatoms. The quantitative estimate of drug-likeness (QED) is 0.812. The number of aliphatic carboxylic acids is 1. The van der Waals surface area contributed by atoms with Gasteiger partial charge in [0.25, 0.3) is 0 Å². The maximum Gasteiger partial charge on any atom is 0.305 e. The van der Waals surface area contributed by atoms with Crippen LogP contribution >= 0.6 is 0 Å². The van der Waals surface area contributed by atoms with Crippen molar-refractivity contribution in [3.8, 4) is 0 Å². The molecule has 0 aromatic heterocycles. The Hall–Kier alpha value is -2.10. The molecular formula is C16H21NO3. The van der Waals surface area contributed by atoms with Gasteiger partial charge >= 0.3 is 5.97 Å². The van der Waals surface area contributed by atoms with Crippen molar-refractivity contribution in [3.63, 3.8) is 0 Å². The lowest BCUT2D eigenvalue weighted by Crippen LogP contribution is -2.38. The smallest absolute Gasteiger partial charge is 0.305 e. The summed E-state index contributed by atoms with van der Waals surface area (Å²) in [6, 6.07) is 7.47. The molecule has 1 aromatic carbocycles. The molecule has 1 aromatic rings. The first-order valence-electron chi connectivity index (χ1n) is 6.71. The van der Waals surface area contributed by atoms with Crippen molar-refractivity contribution in [3.05, 3.63) is 41.5 Å². The van der Waals surface area contributed by atoms with E-state index in [9.17, 15) is 9.59 Å². The Kier molecular flexibility index (Phi) is 5.97. The van der Waals surface area contributed by atoms with Crippen molar-refractivity contribution in [2.45, 2.75) is 33.2 Å². The van der Waals surface area contributed by atoms with Gasteiger partial charge in [-0.1, -0.05) is 24.3 Å². The third kappa shape index (κ3) is 4.53. The summed E-state index contributed by atoms with van der Waals surface area (Å²) >= 11 is 0. The van der Waals surface area contributed by atoms with Gasteiger partial charge in [0.2, 0.25) is 5.91 Å². The summed E-state index contributed by atoms with van der Waals surface area (Å²) < 4.78 is 0. The molecular weight excluding hydrogens is 254 g/mol. The Morgan fingerprint density at radius 3 is 2.55 bits per heavy atom. The van der Waals surface area contributed by atoms with E-state index in [1.54, 1.807) is 17.9 Å². The van der Waals surface area contributed by atoms with E-state index in [0.717, 1.165) is 11.1 Å². The molecule has 0 fully saturated rings. The number of carboxylic acid groups (broad SMARTS) is 1. The van der Waals surface area contributed by atoms with Gasteiger partial charge in [-0.25, -0.2) is 0 Å². The van der Waals surface area contributed by atoms with Crippen molar-refractivity contribution in [1.82, 2.24) is 4.90 Å². The summed E-state index contributed by atoms with van der Waals surface area (Å²) in [5.41, 5.74) is 2.08. The highest BCUT2D eigenvalue weighted by Gasteiger charge is 2.18. The van der Waals surface area contributed by atoms with Crippen LogP contribution in [0.4, 0.5) is 0 Å². The van der Waals surface area contributed by atoms with E-state index < -0.39 is 5.97 Å². The molecule has 108 valence electrons. The minimum Gasteiger partial charge on any atom is -0.481 e. The second kappa shape index (κ2) is 7.48. The third-order valence-corrected chi connectivity index (χ3v) is 3.22. The van der Waals surface area contributed by atoms with Crippen LogP contribution in [-0.2, 0) is 9.59 Å². The molecule has 0 aliphatic carbocycles. The number of carboxylic acids is 1. The van der Waals surface area contributed by atoms with Crippen molar-refractivity contribution >= 4 is 18.0 Å². The normalized spacial score (nSPS) is 12.3. The predicted octanol–water partition coefficient (Wildman–Crippen LogP) is 2.72. The number of benzene rings is 1. The van der Waals surface area contributed by atoms with Gasteiger partial charge in [0.15, 0.2) is 0 Å². The molecule has 1 unspecified atom stereocenters. The highest BCUT2D eigenvalue weighted by Crippen LogP contribution is 2.10. The lowest BCUT2D eigenvalue weighted by molar-refractivity contribution is -0.139. The fraction of sp³-hybridized carbons (Fsp3) is 0.375. The number of aryl methyl sites for hydroxylation is 1. The summed E-state index contributed by atoms with van der Waals surface area (Å²) in [5.74, 6) is -1.06. The molecule has 0 spiro atoms. The number of hydrogen-bond donors (Lipinski definition) is 1. The SMILES string of the molecule is CCN(C(=O)C=Cc1ccccc1C)C(C)CC(=O)O. The minimum absolute atomic E-state index is 0.0439. The summed E-state index contributed by atoms with van der Waals surface area (Å²) in [5, 5.41) is 8.80. The zero-order chi connectivity index (χ0) is 15.1. The van der Waals surface area contributed by atoms with Crippen LogP contribution in [0.5, 0.6) is 0 Å². The monoisotopic (exact) mass is 275 g/mol. The molecule has 4 nitrogen and oxygen atoms in total. The molecule has 1 rings (SSSR count). The van der Waals surface area contributed by atoms with Gasteiger partial charge in [-0.2, -0.15) is 0 Å². The largest absolute Gasteiger partial charge is 0.481 e. The highest BCUT2D eigenvalue weighted by atomic mass is 16.4. The van der Waals surface area contributed by atoms with Gasteiger partial charge in [0.1, 0.15) is 0 Å². The van der Waals surface area contributed by atoms with Crippen LogP contribution in [0.15, 0.2) is 30.3 Å². The first kappa shape index (κ1) is 16.0. The first-order chi connectivity index (χ1) is 9.45. The van der Waals surface area contributed by atoms with Crippen molar-refractivity contribution in [2.75, 3.05) is 6.54 Å². The molecule has 0 aliphatic heterocycles. The molecule has 1 N–H and O–H groups in total. The first-order valence-corrected chi connectivity index (χ1v) is 6.71. The second-order valence-electron chi connectivity index (χ2n) is 4.76. The van der Waals surface area contributed by atoms with E-state index in [0.29, 0.717) is 6.54 Å². The number of likely N-dealkylation sites (N-methyl/N-ethyl adjacent to an activating group) is 1. The zero-order valence-corrected chi connectivity index (χ0v) is 12.2. The summed E-state index contributed by atoms with van der Waals surface area (Å²) in [6.07, 6.45) is 3.23. The molecule has 1 atom stereocenters. The number of amides is 1. The van der Waals surface area contributed by atoms with Crippen LogP contribution in [0.3, 0.4) is 0 Å². The van der Waals surface area contributed by atoms with E-state index in [-0.39, 0.29) is 18.4 Å². The molecule has 0 bridgehead atoms. The van der Waals surface area contributed by atoms with Crippen molar-refractivity contribution < 1.29 is 14.7 Å². The molecule has 0 saturated carbocycles. The molecule has 0 heterocycles. The second-order valence-corrected chi connectivity index (χ2v) is 4.76. The Labute approximate surface area is 119 Å². The number of carbonyl (C=O) groups is 2. The average molecular weight is 275 g/mol. The molecule has 0 saturated heterocycles. The molecule has 0 aliphatic rings. The Morgan fingerprint density at radius 2 is 2.00 bits per heavy atom. The average Bonchev–Trinajstić information content (AvgIpc) is 2.37. The Balaban J connectivity index is 2.77. The van der Waals surface area contributed by atoms with Gasteiger partial charge < -0.3 is 10.0 Å². The number of rotatable bonds is 6. The van der Waals surface area contributed by atoms with E-state index in [2.05, 4.69) is 0 Å². The lowest BCUT2D eigenvalue weighted by Gasteiger charge is -2.25. The standard InChI is InChI=1S/C16H21NO3/c1-4-17(13(3)11-16(19)20)15(18)10-9-14-8-6-5-7-12(14)2/h5-10,13H,4,11H2,1-3H3,(H,19,20). The maximum atomic E-state index is 12.1. The fourth-order valence-corrected chi connectivity index (χ4v) is 2.08. The molecule has 20 heavy (non-hydrogen) atoms. The van der Waals surface area contributed by atoms with E-state index >= 15 is 0 Å². The van der Waals surface area contributed by atoms with Gasteiger partial charge in [-0.15, -0.1) is 0 Å². The topological polar surface area (TPSA) is 57.6 Å². The zero-order valence-electron chi connectivity index (χ0n) is 12.2. The Morgan fingerprint density at radius 1 is 1.35 bits per heavy atom. The van der Waals surface area contributed by atoms with Gasteiger partial charge in [-0.05, 0) is 38.0 Å². The predicted molar refractivity (Wildman–Crippen MR) is 79.3 cm³/mol.